The maximum Gasteiger partial charge on any atom is 0.251 e. The van der Waals surface area contributed by atoms with Gasteiger partial charge in [-0.3, -0.25) is 9.59 Å². The van der Waals surface area contributed by atoms with E-state index >= 15 is 0 Å². The van der Waals surface area contributed by atoms with Crippen LogP contribution in [0.5, 0.6) is 0 Å². The summed E-state index contributed by atoms with van der Waals surface area (Å²) in [7, 11) is 0. The number of carbonyl (C=O) groups is 2. The smallest absolute Gasteiger partial charge is 0.251 e. The third kappa shape index (κ3) is 6.82. The number of thioether (sulfide) groups is 1. The number of carbonyl (C=O) groups excluding carboxylic acids is 2. The second-order valence-corrected chi connectivity index (χ2v) is 9.90. The van der Waals surface area contributed by atoms with Gasteiger partial charge in [0.25, 0.3) is 5.91 Å². The van der Waals surface area contributed by atoms with Crippen LogP contribution in [0.15, 0.2) is 60.3 Å². The van der Waals surface area contributed by atoms with Gasteiger partial charge in [0.1, 0.15) is 0 Å². The van der Waals surface area contributed by atoms with E-state index in [0.717, 1.165) is 22.4 Å². The molecule has 0 saturated heterocycles. The third-order valence-corrected chi connectivity index (χ3v) is 6.56. The number of rotatable bonds is 10. The van der Waals surface area contributed by atoms with Crippen LogP contribution in [0.1, 0.15) is 52.8 Å². The van der Waals surface area contributed by atoms with Crippen molar-refractivity contribution >= 4 is 29.3 Å². The van der Waals surface area contributed by atoms with Crippen molar-refractivity contribution < 1.29 is 9.59 Å². The molecule has 8 heteroatoms. The average Bonchev–Trinajstić information content (AvgIpc) is 3.20. The van der Waals surface area contributed by atoms with E-state index in [1.54, 1.807) is 6.08 Å². The molecule has 3 rings (SSSR count). The largest absolute Gasteiger partial charge is 0.342 e. The number of aromatic nitrogens is 3. The number of amides is 2. The van der Waals surface area contributed by atoms with E-state index < -0.39 is 0 Å². The highest BCUT2D eigenvalue weighted by Gasteiger charge is 2.26. The molecule has 0 bridgehead atoms. The first-order valence-electron chi connectivity index (χ1n) is 11.6. The van der Waals surface area contributed by atoms with Crippen LogP contribution in [0.3, 0.4) is 0 Å². The first kappa shape index (κ1) is 26.2. The van der Waals surface area contributed by atoms with Crippen molar-refractivity contribution in [1.29, 1.82) is 0 Å². The standard InChI is InChI=1S/C27H33N5O2S/c1-7-14-32-25(24(17(2)3)29-26(34)21-11-8-18(4)9-12-21)30-31-27(32)35-16-23(33)28-22-13-10-19(5)15-20(22)6/h7-13,15,17,24H,1,14,16H2,2-6H3,(H,28,33)(H,29,34)/t24-/m0/s1. The topological polar surface area (TPSA) is 88.9 Å². The van der Waals surface area contributed by atoms with E-state index in [4.69, 9.17) is 0 Å². The summed E-state index contributed by atoms with van der Waals surface area (Å²) in [4.78, 5) is 25.5. The Labute approximate surface area is 211 Å². The lowest BCUT2D eigenvalue weighted by Gasteiger charge is -2.22. The summed E-state index contributed by atoms with van der Waals surface area (Å²) < 4.78 is 1.90. The lowest BCUT2D eigenvalue weighted by atomic mass is 10.0. The lowest BCUT2D eigenvalue weighted by Crippen LogP contribution is -2.33. The van der Waals surface area contributed by atoms with Gasteiger partial charge in [-0.1, -0.05) is 67.1 Å². The molecule has 0 aliphatic rings. The molecule has 0 fully saturated rings. The number of allylic oxidation sites excluding steroid dienone is 1. The molecule has 3 aromatic rings. The van der Waals surface area contributed by atoms with Gasteiger partial charge in [-0.15, -0.1) is 16.8 Å². The van der Waals surface area contributed by atoms with Crippen LogP contribution in [0.25, 0.3) is 0 Å². The molecule has 0 unspecified atom stereocenters. The predicted octanol–water partition coefficient (Wildman–Crippen LogP) is 5.25. The second-order valence-electron chi connectivity index (χ2n) is 8.96. The van der Waals surface area contributed by atoms with Crippen LogP contribution in [-0.2, 0) is 11.3 Å². The average molecular weight is 492 g/mol. The minimum Gasteiger partial charge on any atom is -0.342 e. The van der Waals surface area contributed by atoms with E-state index in [1.807, 2.05) is 81.7 Å². The van der Waals surface area contributed by atoms with Crippen LogP contribution in [-0.4, -0.2) is 32.3 Å². The molecule has 1 aromatic heterocycles. The molecule has 35 heavy (non-hydrogen) atoms. The van der Waals surface area contributed by atoms with Crippen LogP contribution < -0.4 is 10.6 Å². The number of nitrogens with one attached hydrogen (secondary N) is 2. The van der Waals surface area contributed by atoms with Gasteiger partial charge in [0.15, 0.2) is 11.0 Å². The molecule has 2 aromatic carbocycles. The van der Waals surface area contributed by atoms with Crippen molar-refractivity contribution in [2.75, 3.05) is 11.1 Å². The zero-order valence-corrected chi connectivity index (χ0v) is 21.8. The Morgan fingerprint density at radius 1 is 1.06 bits per heavy atom. The van der Waals surface area contributed by atoms with Crippen molar-refractivity contribution in [3.8, 4) is 0 Å². The SMILES string of the molecule is C=CCn1c(SCC(=O)Nc2ccc(C)cc2C)nnc1[C@@H](NC(=O)c1ccc(C)cc1)C(C)C. The fourth-order valence-electron chi connectivity index (χ4n) is 3.67. The molecule has 0 aliphatic carbocycles. The van der Waals surface area contributed by atoms with Crippen LogP contribution in [0.4, 0.5) is 5.69 Å². The Morgan fingerprint density at radius 3 is 2.37 bits per heavy atom. The van der Waals surface area contributed by atoms with Crippen molar-refractivity contribution in [1.82, 2.24) is 20.1 Å². The summed E-state index contributed by atoms with van der Waals surface area (Å²) in [5, 5.41) is 15.4. The fourth-order valence-corrected chi connectivity index (χ4v) is 4.42. The van der Waals surface area contributed by atoms with Crippen molar-refractivity contribution in [3.63, 3.8) is 0 Å². The highest BCUT2D eigenvalue weighted by molar-refractivity contribution is 7.99. The van der Waals surface area contributed by atoms with Crippen LogP contribution >= 0.6 is 11.8 Å². The Kier molecular flexibility index (Phi) is 8.87. The fraction of sp³-hybridized carbons (Fsp3) is 0.333. The quantitative estimate of drug-likeness (QED) is 0.299. The van der Waals surface area contributed by atoms with E-state index in [2.05, 4.69) is 27.4 Å². The van der Waals surface area contributed by atoms with Crippen molar-refractivity contribution in [3.05, 3.63) is 83.2 Å². The predicted molar refractivity (Wildman–Crippen MR) is 142 cm³/mol. The molecule has 1 heterocycles. The molecule has 2 N–H and O–H groups in total. The van der Waals surface area contributed by atoms with Gasteiger partial charge in [0.2, 0.25) is 5.91 Å². The van der Waals surface area contributed by atoms with E-state index in [0.29, 0.717) is 23.1 Å². The molecule has 184 valence electrons. The number of anilines is 1. The molecule has 1 atom stereocenters. The molecular weight excluding hydrogens is 458 g/mol. The zero-order valence-electron chi connectivity index (χ0n) is 21.0. The Balaban J connectivity index is 1.75. The zero-order chi connectivity index (χ0) is 25.5. The summed E-state index contributed by atoms with van der Waals surface area (Å²) in [6.45, 7) is 14.3. The number of aryl methyl sites for hydroxylation is 3. The number of hydrogen-bond acceptors (Lipinski definition) is 5. The monoisotopic (exact) mass is 491 g/mol. The summed E-state index contributed by atoms with van der Waals surface area (Å²) >= 11 is 1.31. The molecule has 0 saturated carbocycles. The lowest BCUT2D eigenvalue weighted by molar-refractivity contribution is -0.113. The summed E-state index contributed by atoms with van der Waals surface area (Å²) in [6, 6.07) is 13.0. The van der Waals surface area contributed by atoms with Crippen LogP contribution in [0.2, 0.25) is 0 Å². The van der Waals surface area contributed by atoms with E-state index in [1.165, 1.54) is 11.8 Å². The highest BCUT2D eigenvalue weighted by atomic mass is 32.2. The molecule has 0 radical (unpaired) electrons. The normalized spacial score (nSPS) is 11.8. The van der Waals surface area contributed by atoms with Gasteiger partial charge in [-0.2, -0.15) is 0 Å². The minimum atomic E-state index is -0.352. The van der Waals surface area contributed by atoms with Gasteiger partial charge >= 0.3 is 0 Å². The second kappa shape index (κ2) is 11.8. The maximum absolute atomic E-state index is 12.9. The number of benzene rings is 2. The van der Waals surface area contributed by atoms with E-state index in [9.17, 15) is 9.59 Å². The third-order valence-electron chi connectivity index (χ3n) is 5.59. The van der Waals surface area contributed by atoms with Gasteiger partial charge < -0.3 is 15.2 Å². The van der Waals surface area contributed by atoms with Gasteiger partial charge in [0.05, 0.1) is 11.8 Å². The van der Waals surface area contributed by atoms with Gasteiger partial charge in [-0.05, 0) is 50.5 Å². The van der Waals surface area contributed by atoms with E-state index in [-0.39, 0.29) is 29.5 Å². The summed E-state index contributed by atoms with van der Waals surface area (Å²) in [5.74, 6) is 0.606. The Morgan fingerprint density at radius 2 is 1.74 bits per heavy atom. The molecule has 0 aliphatic heterocycles. The van der Waals surface area contributed by atoms with Gasteiger partial charge in [-0.25, -0.2) is 0 Å². The Bertz CT molecular complexity index is 1200. The molecule has 0 spiro atoms. The summed E-state index contributed by atoms with van der Waals surface area (Å²) in [5.41, 5.74) is 4.65. The Hall–Kier alpha value is -3.39. The van der Waals surface area contributed by atoms with Crippen molar-refractivity contribution in [2.45, 2.75) is 52.4 Å². The maximum atomic E-state index is 12.9. The highest BCUT2D eigenvalue weighted by Crippen LogP contribution is 2.26. The first-order chi connectivity index (χ1) is 16.7. The number of hydrogen-bond donors (Lipinski definition) is 2. The number of nitrogens with zero attached hydrogens (tertiary/aromatic N) is 3. The van der Waals surface area contributed by atoms with Crippen LogP contribution in [0, 0.1) is 26.7 Å². The molecule has 7 nitrogen and oxygen atoms in total. The molecule has 2 amide bonds. The molecular formula is C27H33N5O2S. The van der Waals surface area contributed by atoms with Gasteiger partial charge in [0, 0.05) is 17.8 Å². The minimum absolute atomic E-state index is 0.0721. The summed E-state index contributed by atoms with van der Waals surface area (Å²) in [6.07, 6.45) is 1.76. The van der Waals surface area contributed by atoms with Crippen molar-refractivity contribution in [2.24, 2.45) is 5.92 Å². The first-order valence-corrected chi connectivity index (χ1v) is 12.6.